The first kappa shape index (κ1) is 18.2. The molecule has 1 N–H and O–H groups in total. The fraction of sp³-hybridized carbons (Fsp3) is 0.368. The summed E-state index contributed by atoms with van der Waals surface area (Å²) < 4.78 is 51.7. The number of hydrogen-bond donors (Lipinski definition) is 1. The number of piperidine rings is 1. The van der Waals surface area contributed by atoms with E-state index < -0.39 is 21.6 Å². The van der Waals surface area contributed by atoms with Gasteiger partial charge in [-0.15, -0.1) is 0 Å². The lowest BCUT2D eigenvalue weighted by Gasteiger charge is -2.38. The average Bonchev–Trinajstić information content (AvgIpc) is 3.11. The molecule has 0 atom stereocenters. The van der Waals surface area contributed by atoms with Crippen LogP contribution in [0, 0.1) is 5.82 Å². The fourth-order valence-electron chi connectivity index (χ4n) is 3.46. The first-order valence-corrected chi connectivity index (χ1v) is 10.4. The average molecular weight is 392 g/mol. The lowest BCUT2D eigenvalue weighted by Crippen LogP contribution is -2.45. The van der Waals surface area contributed by atoms with Gasteiger partial charge in [0.2, 0.25) is 0 Å². The number of halogens is 1. The number of rotatable bonds is 4. The van der Waals surface area contributed by atoms with E-state index >= 15 is 0 Å². The molecule has 2 saturated heterocycles. The topological polar surface area (TPSA) is 67.9 Å². The van der Waals surface area contributed by atoms with E-state index in [9.17, 15) is 12.8 Å². The van der Waals surface area contributed by atoms with Crippen molar-refractivity contribution in [2.45, 2.75) is 23.5 Å². The standard InChI is InChI=1S/C19H21FN2O4S/c20-15-1-7-18(8-2-15)27(23,24)21-16-3-5-17(6-4-16)22-11-9-19(10-12-22)25-13-14-26-19/h1-8,21H,9-14H2. The molecule has 2 fully saturated rings. The first-order valence-electron chi connectivity index (χ1n) is 8.87. The van der Waals surface area contributed by atoms with Gasteiger partial charge in [0.15, 0.2) is 5.79 Å². The molecule has 0 radical (unpaired) electrons. The largest absolute Gasteiger partial charge is 0.371 e. The van der Waals surface area contributed by atoms with E-state index in [1.54, 1.807) is 12.1 Å². The zero-order valence-corrected chi connectivity index (χ0v) is 15.5. The molecule has 0 saturated carbocycles. The molecule has 144 valence electrons. The number of ether oxygens (including phenoxy) is 2. The van der Waals surface area contributed by atoms with Crippen molar-refractivity contribution in [3.63, 3.8) is 0 Å². The molecule has 0 aliphatic carbocycles. The highest BCUT2D eigenvalue weighted by Gasteiger charge is 2.39. The molecule has 27 heavy (non-hydrogen) atoms. The van der Waals surface area contributed by atoms with Gasteiger partial charge < -0.3 is 14.4 Å². The van der Waals surface area contributed by atoms with Gasteiger partial charge in [0.1, 0.15) is 5.82 Å². The smallest absolute Gasteiger partial charge is 0.261 e. The molecule has 2 aliphatic heterocycles. The third-order valence-electron chi connectivity index (χ3n) is 4.95. The third kappa shape index (κ3) is 3.92. The van der Waals surface area contributed by atoms with Crippen molar-refractivity contribution >= 4 is 21.4 Å². The van der Waals surface area contributed by atoms with Crippen molar-refractivity contribution in [3.05, 3.63) is 54.3 Å². The van der Waals surface area contributed by atoms with Gasteiger partial charge in [0.05, 0.1) is 18.1 Å². The molecule has 0 amide bonds. The van der Waals surface area contributed by atoms with Gasteiger partial charge in [-0.1, -0.05) is 0 Å². The number of hydrogen-bond acceptors (Lipinski definition) is 5. The summed E-state index contributed by atoms with van der Waals surface area (Å²) in [5.41, 5.74) is 1.48. The molecule has 2 aliphatic rings. The van der Waals surface area contributed by atoms with Crippen molar-refractivity contribution in [2.75, 3.05) is 35.9 Å². The second-order valence-corrected chi connectivity index (χ2v) is 8.38. The van der Waals surface area contributed by atoms with Crippen LogP contribution in [0.3, 0.4) is 0 Å². The van der Waals surface area contributed by atoms with Crippen molar-refractivity contribution in [1.29, 1.82) is 0 Å². The van der Waals surface area contributed by atoms with E-state index in [-0.39, 0.29) is 4.90 Å². The van der Waals surface area contributed by atoms with E-state index in [1.807, 2.05) is 12.1 Å². The highest BCUT2D eigenvalue weighted by atomic mass is 32.2. The number of anilines is 2. The summed E-state index contributed by atoms with van der Waals surface area (Å²) in [6.45, 7) is 2.95. The SMILES string of the molecule is O=S(=O)(Nc1ccc(N2CCC3(CC2)OCCO3)cc1)c1ccc(F)cc1. The Balaban J connectivity index is 1.41. The van der Waals surface area contributed by atoms with E-state index in [0.717, 1.165) is 43.8 Å². The Labute approximate surface area is 157 Å². The molecular weight excluding hydrogens is 371 g/mol. The van der Waals surface area contributed by atoms with E-state index in [4.69, 9.17) is 9.47 Å². The maximum absolute atomic E-state index is 13.0. The van der Waals surface area contributed by atoms with E-state index in [1.165, 1.54) is 12.1 Å². The van der Waals surface area contributed by atoms with E-state index in [0.29, 0.717) is 18.9 Å². The summed E-state index contributed by atoms with van der Waals surface area (Å²) in [4.78, 5) is 2.25. The predicted molar refractivity (Wildman–Crippen MR) is 99.7 cm³/mol. The zero-order chi connectivity index (χ0) is 18.9. The summed E-state index contributed by atoms with van der Waals surface area (Å²) in [7, 11) is -3.75. The lowest BCUT2D eigenvalue weighted by atomic mass is 10.0. The third-order valence-corrected chi connectivity index (χ3v) is 6.34. The Bertz CT molecular complexity index is 884. The Hall–Kier alpha value is -2.16. The number of nitrogens with one attached hydrogen (secondary N) is 1. The molecule has 8 heteroatoms. The molecule has 0 aromatic heterocycles. The lowest BCUT2D eigenvalue weighted by molar-refractivity contribution is -0.169. The van der Waals surface area contributed by atoms with Crippen LogP contribution >= 0.6 is 0 Å². The normalized spacial score (nSPS) is 19.4. The summed E-state index contributed by atoms with van der Waals surface area (Å²) in [5.74, 6) is -0.892. The second-order valence-electron chi connectivity index (χ2n) is 6.70. The van der Waals surface area contributed by atoms with Crippen LogP contribution in [0.4, 0.5) is 15.8 Å². The fourth-order valence-corrected chi connectivity index (χ4v) is 4.52. The Kier molecular flexibility index (Phi) is 4.79. The number of nitrogens with zero attached hydrogens (tertiary/aromatic N) is 1. The van der Waals surface area contributed by atoms with Crippen LogP contribution in [0.2, 0.25) is 0 Å². The first-order chi connectivity index (χ1) is 13.0. The molecule has 2 aromatic rings. The minimum Gasteiger partial charge on any atom is -0.371 e. The summed E-state index contributed by atoms with van der Waals surface area (Å²) in [6.07, 6.45) is 1.62. The molecule has 1 spiro atoms. The maximum atomic E-state index is 13.0. The molecule has 0 unspecified atom stereocenters. The molecule has 2 heterocycles. The van der Waals surface area contributed by atoms with Crippen LogP contribution in [0.5, 0.6) is 0 Å². The Morgan fingerprint density at radius 3 is 2.11 bits per heavy atom. The van der Waals surface area contributed by atoms with Gasteiger partial charge in [-0.2, -0.15) is 0 Å². The Morgan fingerprint density at radius 1 is 0.926 bits per heavy atom. The summed E-state index contributed by atoms with van der Waals surface area (Å²) in [6, 6.07) is 11.9. The van der Waals surface area contributed by atoms with Gasteiger partial charge in [-0.25, -0.2) is 12.8 Å². The van der Waals surface area contributed by atoms with Crippen LogP contribution in [0.15, 0.2) is 53.4 Å². The van der Waals surface area contributed by atoms with Crippen LogP contribution in [-0.4, -0.2) is 40.5 Å². The minimum atomic E-state index is -3.75. The number of benzene rings is 2. The van der Waals surface area contributed by atoms with Crippen molar-refractivity contribution in [1.82, 2.24) is 0 Å². The predicted octanol–water partition coefficient (Wildman–Crippen LogP) is 2.97. The van der Waals surface area contributed by atoms with Gasteiger partial charge in [0, 0.05) is 37.3 Å². The molecule has 6 nitrogen and oxygen atoms in total. The second kappa shape index (κ2) is 7.10. The van der Waals surface area contributed by atoms with Crippen LogP contribution < -0.4 is 9.62 Å². The van der Waals surface area contributed by atoms with Crippen LogP contribution in [0.1, 0.15) is 12.8 Å². The quantitative estimate of drug-likeness (QED) is 0.867. The zero-order valence-electron chi connectivity index (χ0n) is 14.7. The molecule has 2 aromatic carbocycles. The molecular formula is C19H21FN2O4S. The summed E-state index contributed by atoms with van der Waals surface area (Å²) in [5, 5.41) is 0. The van der Waals surface area contributed by atoms with Gasteiger partial charge in [-0.05, 0) is 48.5 Å². The highest BCUT2D eigenvalue weighted by Crippen LogP contribution is 2.33. The van der Waals surface area contributed by atoms with E-state index in [2.05, 4.69) is 9.62 Å². The maximum Gasteiger partial charge on any atom is 0.261 e. The van der Waals surface area contributed by atoms with Gasteiger partial charge >= 0.3 is 0 Å². The highest BCUT2D eigenvalue weighted by molar-refractivity contribution is 7.92. The molecule has 4 rings (SSSR count). The van der Waals surface area contributed by atoms with Crippen molar-refractivity contribution in [3.8, 4) is 0 Å². The number of sulfonamides is 1. The van der Waals surface area contributed by atoms with Gasteiger partial charge in [0.25, 0.3) is 10.0 Å². The monoisotopic (exact) mass is 392 g/mol. The van der Waals surface area contributed by atoms with Crippen molar-refractivity contribution in [2.24, 2.45) is 0 Å². The van der Waals surface area contributed by atoms with Crippen LogP contribution in [-0.2, 0) is 19.5 Å². The van der Waals surface area contributed by atoms with Crippen LogP contribution in [0.25, 0.3) is 0 Å². The van der Waals surface area contributed by atoms with Crippen molar-refractivity contribution < 1.29 is 22.3 Å². The molecule has 0 bridgehead atoms. The van der Waals surface area contributed by atoms with Gasteiger partial charge in [-0.3, -0.25) is 4.72 Å². The Morgan fingerprint density at radius 2 is 1.52 bits per heavy atom. The minimum absolute atomic E-state index is 0.0193. The summed E-state index contributed by atoms with van der Waals surface area (Å²) >= 11 is 0.